The first-order valence-electron chi connectivity index (χ1n) is 7.14. The summed E-state index contributed by atoms with van der Waals surface area (Å²) >= 11 is 0. The number of hydrogen-bond acceptors (Lipinski definition) is 6. The Bertz CT molecular complexity index is 443. The largest absolute Gasteiger partial charge is 0.381 e. The molecule has 6 nitrogen and oxygen atoms in total. The summed E-state index contributed by atoms with van der Waals surface area (Å²) in [7, 11) is 1.67. The third-order valence-electron chi connectivity index (χ3n) is 3.74. The van der Waals surface area contributed by atoms with Gasteiger partial charge in [-0.1, -0.05) is 0 Å². The molecule has 6 heteroatoms. The molecule has 3 rings (SSSR count). The van der Waals surface area contributed by atoms with Gasteiger partial charge in [0.2, 0.25) is 0 Å². The van der Waals surface area contributed by atoms with E-state index in [1.165, 1.54) is 0 Å². The fourth-order valence-electron chi connectivity index (χ4n) is 2.63. The van der Waals surface area contributed by atoms with E-state index in [9.17, 15) is 0 Å². The lowest BCUT2D eigenvalue weighted by Gasteiger charge is -2.28. The number of nitrogens with zero attached hydrogens (tertiary/aromatic N) is 3. The predicted molar refractivity (Wildman–Crippen MR) is 74.0 cm³/mol. The van der Waals surface area contributed by atoms with Gasteiger partial charge in [0.1, 0.15) is 12.4 Å². The van der Waals surface area contributed by atoms with Crippen molar-refractivity contribution in [3.8, 4) is 0 Å². The number of aromatic nitrogens is 2. The minimum absolute atomic E-state index is 0.383. The Morgan fingerprint density at radius 2 is 2.10 bits per heavy atom. The fraction of sp³-hybridized carbons (Fsp3) is 0.714. The average Bonchev–Trinajstić information content (AvgIpc) is 3.02. The molecule has 0 spiro atoms. The molecule has 2 aliphatic rings. The zero-order chi connectivity index (χ0) is 13.8. The molecule has 0 bridgehead atoms. The van der Waals surface area contributed by atoms with Crippen LogP contribution in [0.3, 0.4) is 0 Å². The van der Waals surface area contributed by atoms with Gasteiger partial charge in [-0.15, -0.1) is 0 Å². The zero-order valence-corrected chi connectivity index (χ0v) is 11.9. The van der Waals surface area contributed by atoms with Crippen molar-refractivity contribution in [3.05, 3.63) is 17.6 Å². The van der Waals surface area contributed by atoms with Gasteiger partial charge in [0.25, 0.3) is 0 Å². The summed E-state index contributed by atoms with van der Waals surface area (Å²) in [6.45, 7) is 5.29. The lowest BCUT2D eigenvalue weighted by molar-refractivity contribution is 0.122. The summed E-state index contributed by atoms with van der Waals surface area (Å²) in [6.07, 6.45) is 1.03. The molecule has 3 heterocycles. The van der Waals surface area contributed by atoms with E-state index in [4.69, 9.17) is 14.2 Å². The van der Waals surface area contributed by atoms with Crippen LogP contribution in [0.4, 0.5) is 5.82 Å². The van der Waals surface area contributed by atoms with Crippen molar-refractivity contribution in [1.29, 1.82) is 0 Å². The van der Waals surface area contributed by atoms with E-state index in [1.54, 1.807) is 7.11 Å². The maximum atomic E-state index is 5.47. The topological polar surface area (TPSA) is 56.7 Å². The van der Waals surface area contributed by atoms with E-state index >= 15 is 0 Å². The van der Waals surface area contributed by atoms with Crippen molar-refractivity contribution in [2.75, 3.05) is 51.5 Å². The van der Waals surface area contributed by atoms with E-state index in [1.807, 2.05) is 0 Å². The maximum absolute atomic E-state index is 5.47. The van der Waals surface area contributed by atoms with Crippen LogP contribution in [0.25, 0.3) is 0 Å². The quantitative estimate of drug-likeness (QED) is 0.818. The van der Waals surface area contributed by atoms with Crippen LogP contribution >= 0.6 is 0 Å². The van der Waals surface area contributed by atoms with Crippen LogP contribution in [-0.4, -0.2) is 56.6 Å². The average molecular weight is 279 g/mol. The number of morpholine rings is 1. The Kier molecular flexibility index (Phi) is 4.44. The number of ether oxygens (including phenoxy) is 3. The van der Waals surface area contributed by atoms with Crippen molar-refractivity contribution in [2.24, 2.45) is 0 Å². The smallest absolute Gasteiger partial charge is 0.156 e. The van der Waals surface area contributed by atoms with Gasteiger partial charge in [-0.3, -0.25) is 0 Å². The molecule has 2 aliphatic heterocycles. The second-order valence-electron chi connectivity index (χ2n) is 5.16. The van der Waals surface area contributed by atoms with Gasteiger partial charge in [-0.05, 0) is 6.42 Å². The minimum atomic E-state index is 0.383. The van der Waals surface area contributed by atoms with E-state index in [2.05, 4.69) is 20.9 Å². The van der Waals surface area contributed by atoms with Crippen LogP contribution < -0.4 is 4.90 Å². The van der Waals surface area contributed by atoms with Crippen molar-refractivity contribution in [3.63, 3.8) is 0 Å². The van der Waals surface area contributed by atoms with Crippen molar-refractivity contribution in [1.82, 2.24) is 9.97 Å². The van der Waals surface area contributed by atoms with Crippen LogP contribution in [0.2, 0.25) is 0 Å². The fourth-order valence-corrected chi connectivity index (χ4v) is 2.63. The molecule has 2 saturated heterocycles. The molecular formula is C14H21N3O3. The van der Waals surface area contributed by atoms with Gasteiger partial charge in [-0.2, -0.15) is 0 Å². The highest BCUT2D eigenvalue weighted by atomic mass is 16.5. The summed E-state index contributed by atoms with van der Waals surface area (Å²) in [5.74, 6) is 2.11. The monoisotopic (exact) mass is 279 g/mol. The molecule has 0 N–H and O–H groups in total. The third-order valence-corrected chi connectivity index (χ3v) is 3.74. The normalized spacial score (nSPS) is 23.2. The maximum Gasteiger partial charge on any atom is 0.156 e. The molecule has 2 fully saturated rings. The second kappa shape index (κ2) is 6.47. The Morgan fingerprint density at radius 1 is 1.25 bits per heavy atom. The lowest BCUT2D eigenvalue weighted by Crippen LogP contribution is -2.37. The summed E-state index contributed by atoms with van der Waals surface area (Å²) < 4.78 is 16.1. The molecule has 110 valence electrons. The van der Waals surface area contributed by atoms with Crippen molar-refractivity contribution < 1.29 is 14.2 Å². The number of rotatable bonds is 4. The second-order valence-corrected chi connectivity index (χ2v) is 5.16. The first kappa shape index (κ1) is 13.7. The van der Waals surface area contributed by atoms with E-state index in [0.717, 1.165) is 63.3 Å². The van der Waals surface area contributed by atoms with E-state index in [-0.39, 0.29) is 0 Å². The van der Waals surface area contributed by atoms with Gasteiger partial charge in [0, 0.05) is 38.8 Å². The summed E-state index contributed by atoms with van der Waals surface area (Å²) in [4.78, 5) is 11.5. The Hall–Kier alpha value is -1.24. The molecule has 0 radical (unpaired) electrons. The molecule has 1 aromatic heterocycles. The standard InChI is InChI=1S/C14H21N3O3/c1-18-10-13-15-12(11-2-5-20-9-11)8-14(16-13)17-3-6-19-7-4-17/h8,11H,2-7,9-10H2,1H3. The van der Waals surface area contributed by atoms with Crippen molar-refractivity contribution >= 4 is 5.82 Å². The molecule has 1 atom stereocenters. The van der Waals surface area contributed by atoms with Crippen molar-refractivity contribution in [2.45, 2.75) is 18.9 Å². The van der Waals surface area contributed by atoms with Gasteiger partial charge < -0.3 is 19.1 Å². The first-order chi connectivity index (χ1) is 9.86. The van der Waals surface area contributed by atoms with Crippen LogP contribution in [0.1, 0.15) is 23.9 Å². The number of hydrogen-bond donors (Lipinski definition) is 0. The Labute approximate surface area is 119 Å². The molecule has 0 saturated carbocycles. The predicted octanol–water partition coefficient (Wildman–Crippen LogP) is 0.964. The van der Waals surface area contributed by atoms with Crippen LogP contribution in [0, 0.1) is 0 Å². The van der Waals surface area contributed by atoms with E-state index < -0.39 is 0 Å². The lowest BCUT2D eigenvalue weighted by atomic mass is 10.0. The van der Waals surface area contributed by atoms with Gasteiger partial charge >= 0.3 is 0 Å². The molecule has 0 aromatic carbocycles. The summed E-state index contributed by atoms with van der Waals surface area (Å²) in [6, 6.07) is 2.10. The van der Waals surface area contributed by atoms with Crippen LogP contribution in [0.5, 0.6) is 0 Å². The molecule has 1 unspecified atom stereocenters. The molecule has 0 aliphatic carbocycles. The zero-order valence-electron chi connectivity index (χ0n) is 11.9. The Morgan fingerprint density at radius 3 is 2.80 bits per heavy atom. The van der Waals surface area contributed by atoms with Gasteiger partial charge in [0.15, 0.2) is 5.82 Å². The minimum Gasteiger partial charge on any atom is -0.381 e. The van der Waals surface area contributed by atoms with Gasteiger partial charge in [0.05, 0.1) is 25.5 Å². The molecule has 1 aromatic rings. The SMILES string of the molecule is COCc1nc(C2CCOC2)cc(N2CCOCC2)n1. The molecule has 0 amide bonds. The number of methoxy groups -OCH3 is 1. The highest BCUT2D eigenvalue weighted by Crippen LogP contribution is 2.26. The van der Waals surface area contributed by atoms with Crippen LogP contribution in [0.15, 0.2) is 6.07 Å². The van der Waals surface area contributed by atoms with E-state index in [0.29, 0.717) is 12.5 Å². The Balaban J connectivity index is 1.86. The molecule has 20 heavy (non-hydrogen) atoms. The first-order valence-corrected chi connectivity index (χ1v) is 7.14. The summed E-state index contributed by atoms with van der Waals surface area (Å²) in [5, 5.41) is 0. The van der Waals surface area contributed by atoms with Gasteiger partial charge in [-0.25, -0.2) is 9.97 Å². The molecular weight excluding hydrogens is 258 g/mol. The highest BCUT2D eigenvalue weighted by Gasteiger charge is 2.22. The van der Waals surface area contributed by atoms with Crippen LogP contribution in [-0.2, 0) is 20.8 Å². The highest BCUT2D eigenvalue weighted by molar-refractivity contribution is 5.41. The third kappa shape index (κ3) is 3.08. The number of anilines is 1. The summed E-state index contributed by atoms with van der Waals surface area (Å²) in [5.41, 5.74) is 1.08.